The molecule has 2 rings (SSSR count). The molecular weight excluding hydrogens is 304 g/mol. The third kappa shape index (κ3) is 4.58. The average molecular weight is 337 g/mol. The van der Waals surface area contributed by atoms with Crippen molar-refractivity contribution < 1.29 is 0 Å². The van der Waals surface area contributed by atoms with Gasteiger partial charge in [0, 0.05) is 16.9 Å². The molecule has 2 aromatic rings. The standard InChI is InChI=1S/C23H32N2/c1-7-13-23(8-2,24-6)19(5)22-11-9-20(10-12-22)16-21-14-17(3)25-18(4)15-21/h7,9-12,14-15,19,24H,1,8,13,16H2,2-6H3. The Kier molecular flexibility index (Phi) is 6.55. The first-order chi connectivity index (χ1) is 11.9. The van der Waals surface area contributed by atoms with Gasteiger partial charge in [-0.15, -0.1) is 6.58 Å². The van der Waals surface area contributed by atoms with Gasteiger partial charge in [0.15, 0.2) is 0 Å². The fraction of sp³-hybridized carbons (Fsp3) is 0.435. The van der Waals surface area contributed by atoms with Crippen LogP contribution in [0.5, 0.6) is 0 Å². The number of pyridine rings is 1. The van der Waals surface area contributed by atoms with Crippen LogP contribution in [-0.2, 0) is 6.42 Å². The average Bonchev–Trinajstić information content (AvgIpc) is 2.59. The summed E-state index contributed by atoms with van der Waals surface area (Å²) in [7, 11) is 2.06. The van der Waals surface area contributed by atoms with Crippen molar-refractivity contribution in [2.75, 3.05) is 7.05 Å². The second-order valence-electron chi connectivity index (χ2n) is 7.15. The summed E-state index contributed by atoms with van der Waals surface area (Å²) in [4.78, 5) is 4.46. The summed E-state index contributed by atoms with van der Waals surface area (Å²) in [6.07, 6.45) is 5.03. The molecule has 1 heterocycles. The van der Waals surface area contributed by atoms with Gasteiger partial charge in [-0.25, -0.2) is 0 Å². The summed E-state index contributed by atoms with van der Waals surface area (Å²) in [6.45, 7) is 12.6. The highest BCUT2D eigenvalue weighted by atomic mass is 14.9. The zero-order valence-electron chi connectivity index (χ0n) is 16.4. The zero-order valence-corrected chi connectivity index (χ0v) is 16.4. The first-order valence-electron chi connectivity index (χ1n) is 9.27. The van der Waals surface area contributed by atoms with E-state index in [1.165, 1.54) is 16.7 Å². The lowest BCUT2D eigenvalue weighted by atomic mass is 9.76. The molecule has 0 saturated heterocycles. The maximum Gasteiger partial charge on any atom is 0.0378 e. The third-order valence-electron chi connectivity index (χ3n) is 5.50. The largest absolute Gasteiger partial charge is 0.313 e. The van der Waals surface area contributed by atoms with E-state index in [0.717, 1.165) is 30.7 Å². The summed E-state index contributed by atoms with van der Waals surface area (Å²) in [6, 6.07) is 13.5. The second-order valence-corrected chi connectivity index (χ2v) is 7.15. The molecule has 0 bridgehead atoms. The molecule has 0 spiro atoms. The lowest BCUT2D eigenvalue weighted by Crippen LogP contribution is -2.46. The molecule has 25 heavy (non-hydrogen) atoms. The Labute approximate surface area is 153 Å². The minimum absolute atomic E-state index is 0.0720. The van der Waals surface area contributed by atoms with Gasteiger partial charge in [0.25, 0.3) is 0 Å². The summed E-state index contributed by atoms with van der Waals surface area (Å²) in [5, 5.41) is 3.55. The quantitative estimate of drug-likeness (QED) is 0.658. The van der Waals surface area contributed by atoms with E-state index in [4.69, 9.17) is 0 Å². The van der Waals surface area contributed by atoms with E-state index >= 15 is 0 Å². The Balaban J connectivity index is 2.19. The van der Waals surface area contributed by atoms with Crippen molar-refractivity contribution in [3.63, 3.8) is 0 Å². The Morgan fingerprint density at radius 3 is 2.20 bits per heavy atom. The normalized spacial score (nSPS) is 14.8. The van der Waals surface area contributed by atoms with Gasteiger partial charge in [0.2, 0.25) is 0 Å². The van der Waals surface area contributed by atoms with E-state index in [1.807, 2.05) is 6.08 Å². The molecule has 2 unspecified atom stereocenters. The van der Waals surface area contributed by atoms with Crippen LogP contribution in [-0.4, -0.2) is 17.6 Å². The third-order valence-corrected chi connectivity index (χ3v) is 5.50. The molecule has 2 nitrogen and oxygen atoms in total. The highest BCUT2D eigenvalue weighted by Crippen LogP contribution is 2.34. The van der Waals surface area contributed by atoms with Crippen molar-refractivity contribution in [2.24, 2.45) is 0 Å². The molecule has 0 aliphatic rings. The van der Waals surface area contributed by atoms with Gasteiger partial charge in [0.1, 0.15) is 0 Å². The van der Waals surface area contributed by atoms with Crippen LogP contribution < -0.4 is 5.32 Å². The van der Waals surface area contributed by atoms with Crippen LogP contribution in [0.3, 0.4) is 0 Å². The fourth-order valence-electron chi connectivity index (χ4n) is 3.88. The topological polar surface area (TPSA) is 24.9 Å². The SMILES string of the molecule is C=CCC(CC)(NC)C(C)c1ccc(Cc2cc(C)nc(C)c2)cc1. The second kappa shape index (κ2) is 8.44. The van der Waals surface area contributed by atoms with Gasteiger partial charge < -0.3 is 5.32 Å². The van der Waals surface area contributed by atoms with E-state index in [-0.39, 0.29) is 5.54 Å². The summed E-state index contributed by atoms with van der Waals surface area (Å²) in [5.41, 5.74) is 6.30. The number of hydrogen-bond donors (Lipinski definition) is 1. The Morgan fingerprint density at radius 2 is 1.72 bits per heavy atom. The maximum atomic E-state index is 4.46. The van der Waals surface area contributed by atoms with Gasteiger partial charge in [-0.1, -0.05) is 44.2 Å². The number of benzene rings is 1. The highest BCUT2D eigenvalue weighted by Gasteiger charge is 2.32. The molecule has 0 aliphatic carbocycles. The summed E-state index contributed by atoms with van der Waals surface area (Å²) >= 11 is 0. The molecule has 2 atom stereocenters. The van der Waals surface area contributed by atoms with E-state index < -0.39 is 0 Å². The number of likely N-dealkylation sites (N-methyl/N-ethyl adjacent to an activating group) is 1. The number of rotatable bonds is 8. The number of aromatic nitrogens is 1. The van der Waals surface area contributed by atoms with Crippen molar-refractivity contribution in [3.05, 3.63) is 77.1 Å². The molecule has 0 radical (unpaired) electrons. The molecule has 1 aromatic carbocycles. The van der Waals surface area contributed by atoms with Crippen molar-refractivity contribution in [2.45, 2.75) is 58.4 Å². The van der Waals surface area contributed by atoms with Crippen molar-refractivity contribution in [1.82, 2.24) is 10.3 Å². The molecule has 134 valence electrons. The van der Waals surface area contributed by atoms with Crippen LogP contribution in [0.25, 0.3) is 0 Å². The van der Waals surface area contributed by atoms with E-state index in [0.29, 0.717) is 5.92 Å². The fourth-order valence-corrected chi connectivity index (χ4v) is 3.88. The number of nitrogens with zero attached hydrogens (tertiary/aromatic N) is 1. The van der Waals surface area contributed by atoms with Gasteiger partial charge in [-0.2, -0.15) is 0 Å². The molecule has 2 heteroatoms. The number of aryl methyl sites for hydroxylation is 2. The minimum atomic E-state index is 0.0720. The Morgan fingerprint density at radius 1 is 1.12 bits per heavy atom. The smallest absolute Gasteiger partial charge is 0.0378 e. The van der Waals surface area contributed by atoms with Gasteiger partial charge in [0.05, 0.1) is 0 Å². The van der Waals surface area contributed by atoms with Crippen LogP contribution in [0.2, 0.25) is 0 Å². The maximum absolute atomic E-state index is 4.46. The highest BCUT2D eigenvalue weighted by molar-refractivity contribution is 5.32. The summed E-state index contributed by atoms with van der Waals surface area (Å²) in [5.74, 6) is 0.431. The predicted molar refractivity (Wildman–Crippen MR) is 108 cm³/mol. The lowest BCUT2D eigenvalue weighted by molar-refractivity contribution is 0.287. The van der Waals surface area contributed by atoms with Crippen molar-refractivity contribution in [1.29, 1.82) is 0 Å². The molecule has 1 aromatic heterocycles. The molecule has 0 aliphatic heterocycles. The van der Waals surface area contributed by atoms with Crippen LogP contribution >= 0.6 is 0 Å². The Hall–Kier alpha value is -1.93. The van der Waals surface area contributed by atoms with E-state index in [1.54, 1.807) is 0 Å². The van der Waals surface area contributed by atoms with Crippen LogP contribution in [0.15, 0.2) is 49.1 Å². The van der Waals surface area contributed by atoms with E-state index in [2.05, 4.69) is 88.0 Å². The summed E-state index contributed by atoms with van der Waals surface area (Å²) < 4.78 is 0. The minimum Gasteiger partial charge on any atom is -0.313 e. The van der Waals surface area contributed by atoms with Crippen molar-refractivity contribution >= 4 is 0 Å². The number of nitrogens with one attached hydrogen (secondary N) is 1. The Bertz CT molecular complexity index is 676. The van der Waals surface area contributed by atoms with Crippen LogP contribution in [0.1, 0.15) is 60.7 Å². The monoisotopic (exact) mass is 336 g/mol. The molecule has 1 N–H and O–H groups in total. The van der Waals surface area contributed by atoms with Crippen molar-refractivity contribution in [3.8, 4) is 0 Å². The molecule has 0 saturated carbocycles. The molecule has 0 amide bonds. The first-order valence-corrected chi connectivity index (χ1v) is 9.27. The van der Waals surface area contributed by atoms with Gasteiger partial charge in [-0.05, 0) is 74.9 Å². The zero-order chi connectivity index (χ0) is 18.4. The van der Waals surface area contributed by atoms with E-state index in [9.17, 15) is 0 Å². The molecule has 0 fully saturated rings. The van der Waals surface area contributed by atoms with Gasteiger partial charge >= 0.3 is 0 Å². The first kappa shape index (κ1) is 19.4. The predicted octanol–water partition coefficient (Wildman–Crippen LogP) is 5.34. The molecular formula is C23H32N2. The van der Waals surface area contributed by atoms with Gasteiger partial charge in [-0.3, -0.25) is 4.98 Å². The van der Waals surface area contributed by atoms with Crippen LogP contribution in [0, 0.1) is 13.8 Å². The lowest BCUT2D eigenvalue weighted by Gasteiger charge is -2.38. The van der Waals surface area contributed by atoms with Crippen LogP contribution in [0.4, 0.5) is 0 Å². The number of hydrogen-bond acceptors (Lipinski definition) is 2.